The topological polar surface area (TPSA) is 103 Å². The van der Waals surface area contributed by atoms with Crippen LogP contribution >= 0.6 is 11.3 Å². The summed E-state index contributed by atoms with van der Waals surface area (Å²) in [5, 5.41) is 12.4. The summed E-state index contributed by atoms with van der Waals surface area (Å²) in [5.74, 6) is 0.961. The number of methoxy groups -OCH3 is 3. The minimum atomic E-state index is -0.567. The van der Waals surface area contributed by atoms with Crippen LogP contribution in [0.2, 0.25) is 0 Å². The number of hydrogen-bond donors (Lipinski definition) is 1. The first kappa shape index (κ1) is 24.5. The van der Waals surface area contributed by atoms with Crippen LogP contribution in [0.1, 0.15) is 36.4 Å². The van der Waals surface area contributed by atoms with E-state index in [4.69, 9.17) is 14.2 Å². The largest absolute Gasteiger partial charge is 0.497 e. The Morgan fingerprint density at radius 1 is 1.06 bits per heavy atom. The van der Waals surface area contributed by atoms with E-state index in [1.165, 1.54) is 11.3 Å². The van der Waals surface area contributed by atoms with Crippen molar-refractivity contribution in [3.8, 4) is 17.2 Å². The van der Waals surface area contributed by atoms with Gasteiger partial charge in [0.25, 0.3) is 0 Å². The van der Waals surface area contributed by atoms with Crippen molar-refractivity contribution < 1.29 is 23.8 Å². The Labute approximate surface area is 208 Å². The van der Waals surface area contributed by atoms with Gasteiger partial charge in [0.05, 0.1) is 33.3 Å². The molecule has 10 heteroatoms. The molecule has 1 aliphatic heterocycles. The van der Waals surface area contributed by atoms with E-state index >= 15 is 0 Å². The van der Waals surface area contributed by atoms with Crippen molar-refractivity contribution in [1.82, 2.24) is 10.2 Å². The normalized spacial score (nSPS) is 17.7. The van der Waals surface area contributed by atoms with Crippen molar-refractivity contribution in [3.63, 3.8) is 0 Å². The van der Waals surface area contributed by atoms with E-state index < -0.39 is 12.0 Å². The number of hydrogen-bond acceptors (Lipinski definition) is 8. The van der Waals surface area contributed by atoms with Crippen LogP contribution in [0.3, 0.4) is 0 Å². The SMILES string of the molecule is CCc1nnc(NC(=O)C2CCC(=O)N(c3ccc(OC)cc3)C2c2ccc(OC)c(OC)c2)s1. The number of benzene rings is 2. The maximum Gasteiger partial charge on any atom is 0.231 e. The monoisotopic (exact) mass is 496 g/mol. The smallest absolute Gasteiger partial charge is 0.231 e. The molecule has 4 rings (SSSR count). The van der Waals surface area contributed by atoms with Crippen molar-refractivity contribution in [2.75, 3.05) is 31.5 Å². The molecule has 1 N–H and O–H groups in total. The van der Waals surface area contributed by atoms with Crippen LogP contribution in [0.4, 0.5) is 10.8 Å². The summed E-state index contributed by atoms with van der Waals surface area (Å²) in [4.78, 5) is 28.5. The third kappa shape index (κ3) is 5.07. The van der Waals surface area contributed by atoms with Gasteiger partial charge in [0.1, 0.15) is 10.8 Å². The molecule has 1 aromatic heterocycles. The van der Waals surface area contributed by atoms with E-state index in [-0.39, 0.29) is 18.2 Å². The summed E-state index contributed by atoms with van der Waals surface area (Å²) < 4.78 is 16.2. The third-order valence-corrected chi connectivity index (χ3v) is 7.02. The summed E-state index contributed by atoms with van der Waals surface area (Å²) in [7, 11) is 4.71. The zero-order valence-electron chi connectivity index (χ0n) is 20.1. The second-order valence-electron chi connectivity index (χ2n) is 8.01. The fourth-order valence-corrected chi connectivity index (χ4v) is 4.96. The molecule has 184 valence electrons. The molecule has 9 nitrogen and oxygen atoms in total. The minimum absolute atomic E-state index is 0.0665. The molecule has 3 aromatic rings. The first-order chi connectivity index (χ1) is 17.0. The van der Waals surface area contributed by atoms with Crippen molar-refractivity contribution in [1.29, 1.82) is 0 Å². The van der Waals surface area contributed by atoms with Crippen molar-refractivity contribution in [2.24, 2.45) is 5.92 Å². The van der Waals surface area contributed by atoms with Gasteiger partial charge in [-0.05, 0) is 54.8 Å². The quantitative estimate of drug-likeness (QED) is 0.497. The second kappa shape index (κ2) is 10.7. The Morgan fingerprint density at radius 3 is 2.43 bits per heavy atom. The molecule has 0 saturated carbocycles. The molecule has 2 heterocycles. The lowest BCUT2D eigenvalue weighted by Gasteiger charge is -2.41. The zero-order valence-corrected chi connectivity index (χ0v) is 20.9. The number of nitrogens with zero attached hydrogens (tertiary/aromatic N) is 3. The number of aromatic nitrogens is 2. The molecule has 1 fully saturated rings. The number of carbonyl (C=O) groups is 2. The number of piperidine rings is 1. The van der Waals surface area contributed by atoms with Crippen LogP contribution in [0.25, 0.3) is 0 Å². The number of carbonyl (C=O) groups excluding carboxylic acids is 2. The highest BCUT2D eigenvalue weighted by atomic mass is 32.1. The zero-order chi connectivity index (χ0) is 24.9. The van der Waals surface area contributed by atoms with E-state index in [0.717, 1.165) is 17.0 Å². The van der Waals surface area contributed by atoms with Gasteiger partial charge in [-0.2, -0.15) is 0 Å². The van der Waals surface area contributed by atoms with Gasteiger partial charge in [0.2, 0.25) is 16.9 Å². The predicted molar refractivity (Wildman–Crippen MR) is 133 cm³/mol. The lowest BCUT2D eigenvalue weighted by atomic mass is 9.83. The van der Waals surface area contributed by atoms with Crippen molar-refractivity contribution >= 4 is 34.0 Å². The number of rotatable bonds is 8. The highest BCUT2D eigenvalue weighted by Crippen LogP contribution is 2.43. The Bertz CT molecular complexity index is 1200. The fraction of sp³-hybridized carbons (Fsp3) is 0.360. The van der Waals surface area contributed by atoms with Gasteiger partial charge in [-0.3, -0.25) is 9.59 Å². The second-order valence-corrected chi connectivity index (χ2v) is 9.07. The third-order valence-electron chi connectivity index (χ3n) is 6.03. The van der Waals surface area contributed by atoms with Gasteiger partial charge in [-0.25, -0.2) is 0 Å². The summed E-state index contributed by atoms with van der Waals surface area (Å²) >= 11 is 1.35. The molecule has 2 unspecified atom stereocenters. The molecule has 2 aromatic carbocycles. The number of amides is 2. The Kier molecular flexibility index (Phi) is 7.50. The molecule has 0 aliphatic carbocycles. The van der Waals surface area contributed by atoms with Gasteiger partial charge in [-0.15, -0.1) is 10.2 Å². The molecule has 0 radical (unpaired) electrons. The summed E-state index contributed by atoms with van der Waals surface area (Å²) in [6.45, 7) is 1.98. The standard InChI is InChI=1S/C25H28N4O5S/c1-5-21-27-28-25(35-21)26-24(31)18-11-13-22(30)29(16-7-9-17(32-2)10-8-16)23(18)15-6-12-19(33-3)20(14-15)34-4/h6-10,12,14,18,23H,5,11,13H2,1-4H3,(H,26,28,31). The Balaban J connectivity index is 1.76. The van der Waals surface area contributed by atoms with Crippen LogP contribution < -0.4 is 24.4 Å². The summed E-state index contributed by atoms with van der Waals surface area (Å²) in [6.07, 6.45) is 1.38. The van der Waals surface area contributed by atoms with Crippen molar-refractivity contribution in [2.45, 2.75) is 32.2 Å². The maximum absolute atomic E-state index is 13.5. The Morgan fingerprint density at radius 2 is 1.80 bits per heavy atom. The Hall–Kier alpha value is -3.66. The van der Waals surface area contributed by atoms with Gasteiger partial charge in [-0.1, -0.05) is 24.3 Å². The lowest BCUT2D eigenvalue weighted by molar-refractivity contribution is -0.125. The molecule has 1 aliphatic rings. The average molecular weight is 497 g/mol. The van der Waals surface area contributed by atoms with Crippen LogP contribution in [-0.2, 0) is 16.0 Å². The van der Waals surface area contributed by atoms with Gasteiger partial charge < -0.3 is 24.4 Å². The van der Waals surface area contributed by atoms with E-state index in [0.29, 0.717) is 34.5 Å². The molecule has 2 amide bonds. The minimum Gasteiger partial charge on any atom is -0.497 e. The highest BCUT2D eigenvalue weighted by molar-refractivity contribution is 7.15. The van der Waals surface area contributed by atoms with E-state index in [2.05, 4.69) is 15.5 Å². The molecule has 0 spiro atoms. The summed E-state index contributed by atoms with van der Waals surface area (Å²) in [6, 6.07) is 12.1. The van der Waals surface area contributed by atoms with Gasteiger partial charge in [0, 0.05) is 12.1 Å². The van der Waals surface area contributed by atoms with E-state index in [9.17, 15) is 9.59 Å². The molecule has 35 heavy (non-hydrogen) atoms. The fourth-order valence-electron chi connectivity index (χ4n) is 4.28. The van der Waals surface area contributed by atoms with Crippen LogP contribution in [-0.4, -0.2) is 43.3 Å². The average Bonchev–Trinajstić information content (AvgIpc) is 3.35. The van der Waals surface area contributed by atoms with Gasteiger partial charge in [0.15, 0.2) is 11.5 Å². The first-order valence-corrected chi connectivity index (χ1v) is 12.1. The lowest BCUT2D eigenvalue weighted by Crippen LogP contribution is -2.47. The number of aryl methyl sites for hydroxylation is 1. The predicted octanol–water partition coefficient (Wildman–Crippen LogP) is 4.25. The van der Waals surface area contributed by atoms with E-state index in [1.54, 1.807) is 44.4 Å². The maximum atomic E-state index is 13.5. The van der Waals surface area contributed by atoms with Crippen LogP contribution in [0.15, 0.2) is 42.5 Å². The van der Waals surface area contributed by atoms with Crippen LogP contribution in [0, 0.1) is 5.92 Å². The van der Waals surface area contributed by atoms with Gasteiger partial charge >= 0.3 is 0 Å². The highest BCUT2D eigenvalue weighted by Gasteiger charge is 2.42. The number of ether oxygens (including phenoxy) is 3. The number of nitrogens with one attached hydrogen (secondary N) is 1. The molecular weight excluding hydrogens is 468 g/mol. The van der Waals surface area contributed by atoms with Crippen LogP contribution in [0.5, 0.6) is 17.2 Å². The van der Waals surface area contributed by atoms with Crippen molar-refractivity contribution in [3.05, 3.63) is 53.0 Å². The first-order valence-electron chi connectivity index (χ1n) is 11.3. The molecule has 2 atom stereocenters. The molecule has 1 saturated heterocycles. The summed E-state index contributed by atoms with van der Waals surface area (Å²) in [5.41, 5.74) is 1.44. The van der Waals surface area contributed by atoms with E-state index in [1.807, 2.05) is 31.2 Å². The molecular formula is C25H28N4O5S. The molecule has 0 bridgehead atoms. The number of anilines is 2.